The van der Waals surface area contributed by atoms with E-state index in [-0.39, 0.29) is 11.4 Å². The van der Waals surface area contributed by atoms with Gasteiger partial charge in [-0.15, -0.1) is 0 Å². The summed E-state index contributed by atoms with van der Waals surface area (Å²) in [5, 5.41) is 7.87. The molecule has 0 aliphatic carbocycles. The molecule has 0 bridgehead atoms. The SMILES string of the molecule is CN(C)C(=O)c1cccc2c1NC(=NCc1cccc(Cl)c1)C1(CCOCC1)N2. The van der Waals surface area contributed by atoms with E-state index < -0.39 is 0 Å². The van der Waals surface area contributed by atoms with Crippen LogP contribution in [0.15, 0.2) is 47.5 Å². The molecule has 6 nitrogen and oxygen atoms in total. The van der Waals surface area contributed by atoms with E-state index >= 15 is 0 Å². The number of carbonyl (C=O) groups is 1. The van der Waals surface area contributed by atoms with Gasteiger partial charge in [0.2, 0.25) is 0 Å². The van der Waals surface area contributed by atoms with Gasteiger partial charge in [0.05, 0.1) is 29.0 Å². The van der Waals surface area contributed by atoms with Crippen LogP contribution < -0.4 is 10.6 Å². The van der Waals surface area contributed by atoms with E-state index in [9.17, 15) is 4.79 Å². The third-order valence-electron chi connectivity index (χ3n) is 5.43. The molecule has 29 heavy (non-hydrogen) atoms. The number of para-hydroxylation sites is 1. The lowest BCUT2D eigenvalue weighted by Crippen LogP contribution is -2.56. The normalized spacial score (nSPS) is 18.7. The molecule has 2 aliphatic heterocycles. The zero-order chi connectivity index (χ0) is 20.4. The van der Waals surface area contributed by atoms with E-state index in [4.69, 9.17) is 21.3 Å². The third-order valence-corrected chi connectivity index (χ3v) is 5.66. The van der Waals surface area contributed by atoms with Gasteiger partial charge >= 0.3 is 0 Å². The second-order valence-electron chi connectivity index (χ2n) is 7.67. The van der Waals surface area contributed by atoms with E-state index in [2.05, 4.69) is 10.6 Å². The van der Waals surface area contributed by atoms with Crippen molar-refractivity contribution >= 4 is 34.7 Å². The molecule has 0 unspecified atom stereocenters. The molecule has 2 aromatic carbocycles. The largest absolute Gasteiger partial charge is 0.381 e. The van der Waals surface area contributed by atoms with Crippen molar-refractivity contribution in [2.24, 2.45) is 4.99 Å². The van der Waals surface area contributed by atoms with Crippen molar-refractivity contribution in [1.82, 2.24) is 4.90 Å². The molecule has 2 aromatic rings. The maximum atomic E-state index is 12.7. The average molecular weight is 413 g/mol. The van der Waals surface area contributed by atoms with E-state index in [0.717, 1.165) is 35.6 Å². The average Bonchev–Trinajstić information content (AvgIpc) is 2.72. The maximum absolute atomic E-state index is 12.7. The van der Waals surface area contributed by atoms with Crippen LogP contribution in [-0.4, -0.2) is 49.5 Å². The molecule has 7 heteroatoms. The third kappa shape index (κ3) is 3.95. The van der Waals surface area contributed by atoms with Crippen molar-refractivity contribution < 1.29 is 9.53 Å². The highest BCUT2D eigenvalue weighted by Crippen LogP contribution is 2.39. The van der Waals surface area contributed by atoms with Gasteiger partial charge in [0.1, 0.15) is 5.84 Å². The molecule has 2 aliphatic rings. The number of nitrogens with zero attached hydrogens (tertiary/aromatic N) is 2. The fraction of sp³-hybridized carbons (Fsp3) is 0.364. The fourth-order valence-corrected chi connectivity index (χ4v) is 4.06. The molecule has 4 rings (SSSR count). The Morgan fingerprint density at radius 1 is 1.21 bits per heavy atom. The Morgan fingerprint density at radius 3 is 2.69 bits per heavy atom. The summed E-state index contributed by atoms with van der Waals surface area (Å²) in [7, 11) is 3.51. The minimum absolute atomic E-state index is 0.0479. The predicted molar refractivity (Wildman–Crippen MR) is 117 cm³/mol. The molecular weight excluding hydrogens is 388 g/mol. The first-order valence-electron chi connectivity index (χ1n) is 9.75. The highest BCUT2D eigenvalue weighted by Gasteiger charge is 2.42. The number of anilines is 2. The van der Waals surface area contributed by atoms with Crippen molar-refractivity contribution in [1.29, 1.82) is 0 Å². The zero-order valence-electron chi connectivity index (χ0n) is 16.7. The minimum Gasteiger partial charge on any atom is -0.381 e. The first kappa shape index (κ1) is 19.7. The topological polar surface area (TPSA) is 66.0 Å². The second kappa shape index (κ2) is 8.05. The Kier molecular flexibility index (Phi) is 5.48. The van der Waals surface area contributed by atoms with Crippen LogP contribution in [-0.2, 0) is 11.3 Å². The number of nitrogens with one attached hydrogen (secondary N) is 2. The number of amides is 1. The molecule has 1 amide bonds. The smallest absolute Gasteiger partial charge is 0.255 e. The minimum atomic E-state index is -0.330. The molecule has 2 N–H and O–H groups in total. The quantitative estimate of drug-likeness (QED) is 0.798. The summed E-state index contributed by atoms with van der Waals surface area (Å²) in [5.41, 5.74) is 3.02. The Bertz CT molecular complexity index is 952. The molecule has 0 aromatic heterocycles. The van der Waals surface area contributed by atoms with Crippen LogP contribution in [0.4, 0.5) is 11.4 Å². The Labute approximate surface area is 175 Å². The number of benzene rings is 2. The summed E-state index contributed by atoms with van der Waals surface area (Å²) in [6, 6.07) is 13.5. The number of aliphatic imine (C=N–C) groups is 1. The fourth-order valence-electron chi connectivity index (χ4n) is 3.84. The van der Waals surface area contributed by atoms with Crippen LogP contribution in [0.2, 0.25) is 5.02 Å². The Hall–Kier alpha value is -2.57. The van der Waals surface area contributed by atoms with Crippen LogP contribution in [0.5, 0.6) is 0 Å². The highest BCUT2D eigenvalue weighted by atomic mass is 35.5. The maximum Gasteiger partial charge on any atom is 0.255 e. The van der Waals surface area contributed by atoms with Gasteiger partial charge in [-0.25, -0.2) is 0 Å². The summed E-state index contributed by atoms with van der Waals surface area (Å²) >= 11 is 6.13. The van der Waals surface area contributed by atoms with E-state index in [1.54, 1.807) is 19.0 Å². The molecule has 0 saturated carbocycles. The number of halogens is 1. The summed E-state index contributed by atoms with van der Waals surface area (Å²) in [6.45, 7) is 1.83. The van der Waals surface area contributed by atoms with Gasteiger partial charge in [0, 0.05) is 45.2 Å². The molecule has 1 saturated heterocycles. The van der Waals surface area contributed by atoms with Crippen LogP contribution in [0.25, 0.3) is 0 Å². The molecule has 2 heterocycles. The molecule has 152 valence electrons. The van der Waals surface area contributed by atoms with E-state index in [1.807, 2.05) is 42.5 Å². The number of hydrogen-bond acceptors (Lipinski definition) is 4. The van der Waals surface area contributed by atoms with Crippen LogP contribution >= 0.6 is 11.6 Å². The van der Waals surface area contributed by atoms with Gasteiger partial charge in [0.25, 0.3) is 5.91 Å². The predicted octanol–water partition coefficient (Wildman–Crippen LogP) is 4.03. The van der Waals surface area contributed by atoms with Gasteiger partial charge in [-0.1, -0.05) is 29.8 Å². The molecule has 0 radical (unpaired) electrons. The second-order valence-corrected chi connectivity index (χ2v) is 8.10. The molecule has 1 spiro atoms. The van der Waals surface area contributed by atoms with E-state index in [0.29, 0.717) is 30.3 Å². The van der Waals surface area contributed by atoms with Crippen molar-refractivity contribution in [2.75, 3.05) is 37.9 Å². The number of hydrogen-bond donors (Lipinski definition) is 2. The van der Waals surface area contributed by atoms with Crippen LogP contribution in [0.1, 0.15) is 28.8 Å². The lowest BCUT2D eigenvalue weighted by atomic mass is 9.85. The lowest BCUT2D eigenvalue weighted by molar-refractivity contribution is 0.0777. The standard InChI is InChI=1S/C22H25ClN4O2/c1-27(2)20(28)17-7-4-8-18-19(17)25-21(22(26-18)9-11-29-12-10-22)24-14-15-5-3-6-16(23)13-15/h3-8,13,26H,9-12,14H2,1-2H3,(H,24,25). The Morgan fingerprint density at radius 2 is 1.97 bits per heavy atom. The monoisotopic (exact) mass is 412 g/mol. The number of carbonyl (C=O) groups excluding carboxylic acids is 1. The van der Waals surface area contributed by atoms with Crippen LogP contribution in [0.3, 0.4) is 0 Å². The van der Waals surface area contributed by atoms with Gasteiger partial charge in [-0.3, -0.25) is 9.79 Å². The molecule has 0 atom stereocenters. The number of ether oxygens (including phenoxy) is 1. The summed E-state index contributed by atoms with van der Waals surface area (Å²) in [6.07, 6.45) is 1.61. The van der Waals surface area contributed by atoms with Crippen molar-refractivity contribution in [2.45, 2.75) is 24.9 Å². The Balaban J connectivity index is 1.73. The number of fused-ring (bicyclic) bond motifs is 1. The van der Waals surface area contributed by atoms with Crippen LogP contribution in [0, 0.1) is 0 Å². The summed E-state index contributed by atoms with van der Waals surface area (Å²) in [5.74, 6) is 0.792. The lowest BCUT2D eigenvalue weighted by Gasteiger charge is -2.44. The van der Waals surface area contributed by atoms with Gasteiger partial charge in [-0.2, -0.15) is 0 Å². The highest BCUT2D eigenvalue weighted by molar-refractivity contribution is 6.30. The summed E-state index contributed by atoms with van der Waals surface area (Å²) in [4.78, 5) is 19.2. The first-order chi connectivity index (χ1) is 14.0. The van der Waals surface area contributed by atoms with E-state index in [1.165, 1.54) is 0 Å². The number of amidine groups is 1. The number of rotatable bonds is 3. The first-order valence-corrected chi connectivity index (χ1v) is 10.1. The van der Waals surface area contributed by atoms with Crippen molar-refractivity contribution in [3.63, 3.8) is 0 Å². The van der Waals surface area contributed by atoms with Gasteiger partial charge in [-0.05, 0) is 29.8 Å². The van der Waals surface area contributed by atoms with Gasteiger partial charge in [0.15, 0.2) is 0 Å². The summed E-state index contributed by atoms with van der Waals surface area (Å²) < 4.78 is 5.60. The zero-order valence-corrected chi connectivity index (χ0v) is 17.4. The molecular formula is C22H25ClN4O2. The van der Waals surface area contributed by atoms with Crippen molar-refractivity contribution in [3.05, 3.63) is 58.6 Å². The van der Waals surface area contributed by atoms with Gasteiger partial charge < -0.3 is 20.3 Å². The van der Waals surface area contributed by atoms with Crippen molar-refractivity contribution in [3.8, 4) is 0 Å². The molecule has 1 fully saturated rings.